The summed E-state index contributed by atoms with van der Waals surface area (Å²) in [4.78, 5) is 146. The van der Waals surface area contributed by atoms with Crippen molar-refractivity contribution in [3.63, 3.8) is 0 Å². The van der Waals surface area contributed by atoms with Crippen LogP contribution in [0.25, 0.3) is 0 Å². The van der Waals surface area contributed by atoms with E-state index in [0.29, 0.717) is 24.0 Å². The number of alkyl carbamates (subject to hydrolysis) is 1. The van der Waals surface area contributed by atoms with Gasteiger partial charge in [0.1, 0.15) is 46.9 Å². The number of carboxylic acid groups (broad SMARTS) is 2. The molecule has 0 unspecified atom stereocenters. The number of carboxylic acids is 2. The first-order valence-electron chi connectivity index (χ1n) is 29.1. The summed E-state index contributed by atoms with van der Waals surface area (Å²) in [6, 6.07) is 12.0. The maximum atomic E-state index is 15.8. The third-order valence-electron chi connectivity index (χ3n) is 17.5. The topological polar surface area (TPSA) is 361 Å². The number of urea groups is 1. The highest BCUT2D eigenvalue weighted by Gasteiger charge is 2.77. The lowest BCUT2D eigenvalue weighted by atomic mass is 9.40. The second-order valence-electron chi connectivity index (χ2n) is 24.5. The van der Waals surface area contributed by atoms with E-state index < -0.39 is 162 Å². The van der Waals surface area contributed by atoms with Crippen molar-refractivity contribution in [3.8, 4) is 0 Å². The van der Waals surface area contributed by atoms with Gasteiger partial charge in [0.05, 0.1) is 35.8 Å². The number of esters is 4. The number of rotatable bonds is 26. The fourth-order valence-electron chi connectivity index (χ4n) is 13.3. The van der Waals surface area contributed by atoms with Gasteiger partial charge in [-0.1, -0.05) is 69.3 Å². The molecule has 25 heteroatoms. The Labute approximate surface area is 504 Å². The number of Topliss-reactive ketones (excluding diaryl/α,β-unsaturated/α-hetero) is 1. The molecule has 13 atom stereocenters. The first kappa shape index (κ1) is 68.2. The molecule has 4 aliphatic rings. The van der Waals surface area contributed by atoms with Crippen molar-refractivity contribution in [2.45, 2.75) is 192 Å². The third-order valence-corrected chi connectivity index (χ3v) is 17.5. The first-order chi connectivity index (χ1) is 40.8. The summed E-state index contributed by atoms with van der Waals surface area (Å²) in [5.74, 6) is -10.2. The molecule has 2 bridgehead atoms. The molecule has 0 radical (unpaired) electrons. The van der Waals surface area contributed by atoms with Crippen LogP contribution in [0.5, 0.6) is 0 Å². The second-order valence-corrected chi connectivity index (χ2v) is 24.5. The maximum Gasteiger partial charge on any atom is 0.408 e. The summed E-state index contributed by atoms with van der Waals surface area (Å²) < 4.78 is 41.9. The smallest absolute Gasteiger partial charge is 0.408 e. The number of methoxy groups -OCH3 is 1. The highest BCUT2D eigenvalue weighted by molar-refractivity contribution is 5.93. The molecule has 87 heavy (non-hydrogen) atoms. The Balaban J connectivity index is 1.30. The van der Waals surface area contributed by atoms with Gasteiger partial charge in [0.2, 0.25) is 12.0 Å². The highest BCUT2D eigenvalue weighted by atomic mass is 16.6. The van der Waals surface area contributed by atoms with Crippen molar-refractivity contribution in [3.05, 3.63) is 82.9 Å². The minimum atomic E-state index is -2.26. The van der Waals surface area contributed by atoms with Gasteiger partial charge in [-0.15, -0.1) is 0 Å². The molecule has 0 saturated heterocycles. The summed E-state index contributed by atoms with van der Waals surface area (Å²) in [5.41, 5.74) is -6.74. The van der Waals surface area contributed by atoms with Crippen molar-refractivity contribution in [2.24, 2.45) is 28.6 Å². The van der Waals surface area contributed by atoms with E-state index in [1.54, 1.807) is 104 Å². The van der Waals surface area contributed by atoms with Gasteiger partial charge in [-0.25, -0.2) is 24.0 Å². The van der Waals surface area contributed by atoms with Crippen molar-refractivity contribution in [1.29, 1.82) is 0 Å². The number of carbonyl (C=O) groups excluding carboxylic acids is 9. The number of benzene rings is 2. The molecular weight excluding hydrogens is 1140 g/mol. The van der Waals surface area contributed by atoms with E-state index in [2.05, 4.69) is 26.0 Å². The molecule has 2 aromatic rings. The van der Waals surface area contributed by atoms with Gasteiger partial charge in [0.15, 0.2) is 6.23 Å². The zero-order valence-electron chi connectivity index (χ0n) is 50.8. The van der Waals surface area contributed by atoms with Crippen molar-refractivity contribution in [1.82, 2.24) is 21.3 Å². The molecule has 7 N–H and O–H groups in total. The fourth-order valence-corrected chi connectivity index (χ4v) is 13.3. The van der Waals surface area contributed by atoms with Crippen LogP contribution in [0.3, 0.4) is 0 Å². The molecule has 3 saturated carbocycles. The molecule has 0 heterocycles. The number of hydrogen-bond acceptors (Lipinski definition) is 19. The number of unbranched alkanes of at least 4 members (excludes halogenated alkanes) is 1. The molecule has 4 amide bonds. The van der Waals surface area contributed by atoms with Crippen LogP contribution in [0.1, 0.15) is 155 Å². The monoisotopic (exact) mass is 1220 g/mol. The second kappa shape index (κ2) is 28.3. The van der Waals surface area contributed by atoms with E-state index in [1.165, 1.54) is 26.2 Å². The van der Waals surface area contributed by atoms with Gasteiger partial charge in [0.25, 0.3) is 6.47 Å². The lowest BCUT2D eigenvalue weighted by Crippen LogP contribution is -2.78. The Morgan fingerprint density at radius 2 is 1.51 bits per heavy atom. The standard InChI is InChI=1S/C62H82N4O21/c1-34-41(32-62(80)52(85-54(76)38-21-15-12-16-22-38)50-60(9,51(73)35(2)47(34)59(62,7)8)42(81-10)31-39-28-29-61(39,50)86-36(3)68)83-55(77)49(48(37-19-13-11-14-20-37)66-57(79)87-58(4,5)6)84-46(72)27-24-43(69)63-30-18-17-23-40(53(74)75)64-56(78)65-44(82-33-67)25-26-45(70)71/h11-16,19-22,33,35,39-42,44,48-50,52,80H,17-18,23-32H2,1-10H3,(H,63,69)(H,66,79)(H,70,71)(H,74,75)(H2,64,65,78)/t35-,39-,40+,41+,42+,44-,48+,49-,50+,52+,60-,61+,62-/m1/s1. The van der Waals surface area contributed by atoms with E-state index in [-0.39, 0.29) is 67.9 Å². The minimum Gasteiger partial charge on any atom is -0.481 e. The zero-order chi connectivity index (χ0) is 64.4. The van der Waals surface area contributed by atoms with Crippen LogP contribution in [0.2, 0.25) is 0 Å². The van der Waals surface area contributed by atoms with E-state index in [4.69, 9.17) is 33.5 Å². The summed E-state index contributed by atoms with van der Waals surface area (Å²) in [7, 11) is 1.48. The number of ketones is 1. The van der Waals surface area contributed by atoms with Gasteiger partial charge >= 0.3 is 47.9 Å². The quantitative estimate of drug-likeness (QED) is 0.0143. The van der Waals surface area contributed by atoms with Crippen LogP contribution >= 0.6 is 0 Å². The Kier molecular flexibility index (Phi) is 22.2. The molecular formula is C62H82N4O21. The van der Waals surface area contributed by atoms with E-state index in [0.717, 1.165) is 0 Å². The van der Waals surface area contributed by atoms with Crippen LogP contribution in [0.15, 0.2) is 71.8 Å². The van der Waals surface area contributed by atoms with Gasteiger partial charge in [-0.2, -0.15) is 0 Å². The molecule has 25 nitrogen and oxygen atoms in total. The summed E-state index contributed by atoms with van der Waals surface area (Å²) in [6.45, 7) is 14.5. The highest BCUT2D eigenvalue weighted by Crippen LogP contribution is 2.68. The summed E-state index contributed by atoms with van der Waals surface area (Å²) in [6.07, 6.45) is -9.28. The first-order valence-corrected chi connectivity index (χ1v) is 29.1. The lowest BCUT2D eigenvalue weighted by molar-refractivity contribution is -0.297. The van der Waals surface area contributed by atoms with Crippen LogP contribution in [0.4, 0.5) is 9.59 Å². The Hall–Kier alpha value is -7.93. The molecule has 6 rings (SSSR count). The van der Waals surface area contributed by atoms with Crippen molar-refractivity contribution < 1.29 is 101 Å². The normalized spacial score (nSPS) is 26.7. The van der Waals surface area contributed by atoms with Crippen molar-refractivity contribution in [2.75, 3.05) is 13.7 Å². The van der Waals surface area contributed by atoms with Crippen LogP contribution < -0.4 is 21.3 Å². The number of hydrogen-bond donors (Lipinski definition) is 7. The maximum absolute atomic E-state index is 15.8. The molecule has 2 aromatic carbocycles. The Morgan fingerprint density at radius 1 is 0.851 bits per heavy atom. The van der Waals surface area contributed by atoms with E-state index >= 15 is 9.59 Å². The molecule has 3 fully saturated rings. The number of amides is 4. The predicted octanol–water partition coefficient (Wildman–Crippen LogP) is 5.93. The average molecular weight is 1220 g/mol. The number of aliphatic carboxylic acids is 2. The summed E-state index contributed by atoms with van der Waals surface area (Å²) in [5, 5.41) is 42.4. The molecule has 0 aromatic heterocycles. The lowest BCUT2D eigenvalue weighted by Gasteiger charge is -2.68. The third kappa shape index (κ3) is 15.4. The zero-order valence-corrected chi connectivity index (χ0v) is 50.8. The van der Waals surface area contributed by atoms with Crippen molar-refractivity contribution >= 4 is 66.1 Å². The largest absolute Gasteiger partial charge is 0.481 e. The van der Waals surface area contributed by atoms with E-state index in [9.17, 15) is 53.4 Å². The number of carbonyl (C=O) groups is 11. The molecule has 4 aliphatic carbocycles. The minimum absolute atomic E-state index is 0.00388. The SMILES string of the molecule is CO[C@H]1C[C@H]2CC[C@@]2(OC(C)=O)[C@H]2[C@H](OC(=O)c3ccccc3)[C@]3(O)C[C@H](OC(=O)[C@H](OC(=O)CCC(=O)NCCCC[C@H](NC(=O)N[C@@H](CCC(=O)O)OC=O)C(=O)O)[C@@H](NC(=O)OC(C)(C)C)c4ccccc4)C(C)=C([C@@H](C)C(=O)[C@]12C)C3(C)C. The van der Waals surface area contributed by atoms with Gasteiger partial charge in [0, 0.05) is 57.1 Å². The predicted molar refractivity (Wildman–Crippen MR) is 305 cm³/mol. The number of aliphatic hydroxyl groups is 1. The average Bonchev–Trinajstić information content (AvgIpc) is 0.673. The molecule has 0 spiro atoms. The van der Waals surface area contributed by atoms with Gasteiger partial charge in [-0.3, -0.25) is 28.8 Å². The van der Waals surface area contributed by atoms with Gasteiger partial charge in [-0.05, 0) is 102 Å². The molecule has 476 valence electrons. The van der Waals surface area contributed by atoms with Crippen LogP contribution in [-0.4, -0.2) is 149 Å². The number of fused-ring (bicyclic) bond motifs is 5. The summed E-state index contributed by atoms with van der Waals surface area (Å²) >= 11 is 0. The van der Waals surface area contributed by atoms with E-state index in [1.807, 2.05) is 0 Å². The van der Waals surface area contributed by atoms with Gasteiger partial charge < -0.3 is 69.7 Å². The van der Waals surface area contributed by atoms with Crippen LogP contribution in [-0.2, 0) is 71.5 Å². The number of ether oxygens (including phenoxy) is 7. The number of nitrogens with one attached hydrogen (secondary N) is 4. The van der Waals surface area contributed by atoms with Crippen LogP contribution in [0, 0.1) is 28.6 Å². The fraction of sp³-hybridized carbons (Fsp3) is 0.597. The Morgan fingerprint density at radius 3 is 2.08 bits per heavy atom. The molecule has 0 aliphatic heterocycles. The Bertz CT molecular complexity index is 2930.